The zero-order valence-corrected chi connectivity index (χ0v) is 13.1. The lowest BCUT2D eigenvalue weighted by Crippen LogP contribution is -2.49. The van der Waals surface area contributed by atoms with Gasteiger partial charge in [0.25, 0.3) is 0 Å². The molecule has 1 aliphatic rings. The summed E-state index contributed by atoms with van der Waals surface area (Å²) < 4.78 is 26.9. The summed E-state index contributed by atoms with van der Waals surface area (Å²) in [6, 6.07) is 1.44. The van der Waals surface area contributed by atoms with Crippen molar-refractivity contribution in [2.45, 2.75) is 4.90 Å². The second-order valence-electron chi connectivity index (χ2n) is 4.29. The maximum absolute atomic E-state index is 12.0. The van der Waals surface area contributed by atoms with E-state index >= 15 is 0 Å². The van der Waals surface area contributed by atoms with Crippen molar-refractivity contribution in [3.05, 3.63) is 22.9 Å². The van der Waals surface area contributed by atoms with Gasteiger partial charge in [0.1, 0.15) is 4.90 Å². The fourth-order valence-corrected chi connectivity index (χ4v) is 3.28. The monoisotopic (exact) mass is 362 g/mol. The summed E-state index contributed by atoms with van der Waals surface area (Å²) in [7, 11) is -3.72. The molecule has 7 nitrogen and oxygen atoms in total. The van der Waals surface area contributed by atoms with Gasteiger partial charge in [0.15, 0.2) is 0 Å². The molecule has 20 heavy (non-hydrogen) atoms. The number of piperazine rings is 1. The first-order valence-corrected chi connectivity index (χ1v) is 8.35. The molecule has 0 unspecified atom stereocenters. The number of rotatable bonds is 4. The lowest BCUT2D eigenvalue weighted by Gasteiger charge is -2.27. The van der Waals surface area contributed by atoms with Gasteiger partial charge in [-0.1, -0.05) is 0 Å². The highest BCUT2D eigenvalue weighted by Crippen LogP contribution is 2.13. The highest BCUT2D eigenvalue weighted by Gasteiger charge is 2.20. The van der Waals surface area contributed by atoms with Gasteiger partial charge in [-0.3, -0.25) is 9.78 Å². The molecule has 1 fully saturated rings. The molecule has 1 saturated heterocycles. The van der Waals surface area contributed by atoms with E-state index in [1.54, 1.807) is 4.90 Å². The van der Waals surface area contributed by atoms with Crippen molar-refractivity contribution in [1.82, 2.24) is 19.9 Å². The van der Waals surface area contributed by atoms with Gasteiger partial charge >= 0.3 is 0 Å². The van der Waals surface area contributed by atoms with Crippen LogP contribution in [0.25, 0.3) is 0 Å². The fourth-order valence-electron chi connectivity index (χ4n) is 1.81. The summed E-state index contributed by atoms with van der Waals surface area (Å²) in [5, 5.41) is 3.13. The Balaban J connectivity index is 1.97. The third-order valence-corrected chi connectivity index (χ3v) is 4.68. The number of hydrogen-bond donors (Lipinski definition) is 2. The van der Waals surface area contributed by atoms with Gasteiger partial charge in [0.2, 0.25) is 15.9 Å². The highest BCUT2D eigenvalue weighted by molar-refractivity contribution is 9.10. The minimum Gasteiger partial charge on any atom is -0.339 e. The summed E-state index contributed by atoms with van der Waals surface area (Å²) in [5.41, 5.74) is 0. The van der Waals surface area contributed by atoms with Crippen LogP contribution in [0.3, 0.4) is 0 Å². The molecule has 0 bridgehead atoms. The van der Waals surface area contributed by atoms with Crippen LogP contribution in [0.4, 0.5) is 0 Å². The molecule has 1 aromatic rings. The second kappa shape index (κ2) is 6.61. The Morgan fingerprint density at radius 3 is 2.75 bits per heavy atom. The molecule has 110 valence electrons. The number of nitrogens with zero attached hydrogens (tertiary/aromatic N) is 2. The minimum atomic E-state index is -3.72. The minimum absolute atomic E-state index is 0.0278. The summed E-state index contributed by atoms with van der Waals surface area (Å²) in [5.74, 6) is -0.224. The third-order valence-electron chi connectivity index (χ3n) is 2.87. The van der Waals surface area contributed by atoms with Crippen molar-refractivity contribution in [3.63, 3.8) is 0 Å². The normalized spacial score (nSPS) is 16.1. The average molecular weight is 363 g/mol. The maximum Gasteiger partial charge on any atom is 0.242 e. The number of amides is 1. The van der Waals surface area contributed by atoms with Crippen LogP contribution in [0.2, 0.25) is 0 Å². The summed E-state index contributed by atoms with van der Waals surface area (Å²) in [4.78, 5) is 17.4. The Labute approximate surface area is 125 Å². The molecule has 9 heteroatoms. The van der Waals surface area contributed by atoms with Gasteiger partial charge in [-0.15, -0.1) is 0 Å². The molecule has 2 N–H and O–H groups in total. The first kappa shape index (κ1) is 15.4. The summed E-state index contributed by atoms with van der Waals surface area (Å²) >= 11 is 3.16. The molecule has 0 aliphatic carbocycles. The van der Waals surface area contributed by atoms with Crippen molar-refractivity contribution in [2.75, 3.05) is 32.7 Å². The molecule has 0 aromatic carbocycles. The van der Waals surface area contributed by atoms with Crippen LogP contribution >= 0.6 is 15.9 Å². The topological polar surface area (TPSA) is 91.4 Å². The second-order valence-corrected chi connectivity index (χ2v) is 6.98. The molecule has 2 heterocycles. The zero-order chi connectivity index (χ0) is 14.6. The quantitative estimate of drug-likeness (QED) is 0.757. The van der Waals surface area contributed by atoms with Crippen molar-refractivity contribution in [2.24, 2.45) is 0 Å². The van der Waals surface area contributed by atoms with Crippen molar-refractivity contribution < 1.29 is 13.2 Å². The van der Waals surface area contributed by atoms with E-state index in [9.17, 15) is 13.2 Å². The lowest BCUT2D eigenvalue weighted by atomic mass is 10.3. The summed E-state index contributed by atoms with van der Waals surface area (Å²) in [6.07, 6.45) is 2.73. The molecular formula is C11H15BrN4O3S. The fraction of sp³-hybridized carbons (Fsp3) is 0.455. The number of halogens is 1. The molecular weight excluding hydrogens is 348 g/mol. The van der Waals surface area contributed by atoms with Crippen LogP contribution in [0.15, 0.2) is 27.8 Å². The van der Waals surface area contributed by atoms with E-state index in [-0.39, 0.29) is 17.3 Å². The molecule has 2 rings (SSSR count). The zero-order valence-electron chi connectivity index (χ0n) is 10.7. The van der Waals surface area contributed by atoms with Crippen molar-refractivity contribution in [3.8, 4) is 0 Å². The average Bonchev–Trinajstić information content (AvgIpc) is 2.46. The predicted molar refractivity (Wildman–Crippen MR) is 76.6 cm³/mol. The Morgan fingerprint density at radius 2 is 2.10 bits per heavy atom. The van der Waals surface area contributed by atoms with E-state index in [1.807, 2.05) is 0 Å². The SMILES string of the molecule is O=C(CNS(=O)(=O)c1cncc(Br)c1)N1CCNCC1. The summed E-state index contributed by atoms with van der Waals surface area (Å²) in [6.45, 7) is 2.41. The Kier molecular flexibility index (Phi) is 5.08. The number of hydrogen-bond acceptors (Lipinski definition) is 5. The van der Waals surface area contributed by atoms with Gasteiger partial charge in [-0.2, -0.15) is 0 Å². The first-order chi connectivity index (χ1) is 9.49. The predicted octanol–water partition coefficient (Wildman–Crippen LogP) is -0.446. The molecule has 0 atom stereocenters. The lowest BCUT2D eigenvalue weighted by molar-refractivity contribution is -0.130. The maximum atomic E-state index is 12.0. The number of nitrogens with one attached hydrogen (secondary N) is 2. The van der Waals surface area contributed by atoms with Crippen LogP contribution in [0.1, 0.15) is 0 Å². The Morgan fingerprint density at radius 1 is 1.40 bits per heavy atom. The van der Waals surface area contributed by atoms with E-state index in [0.717, 1.165) is 13.1 Å². The van der Waals surface area contributed by atoms with Gasteiger partial charge in [0, 0.05) is 43.0 Å². The largest absolute Gasteiger partial charge is 0.339 e. The van der Waals surface area contributed by atoms with Crippen LogP contribution in [0.5, 0.6) is 0 Å². The molecule has 1 aromatic heterocycles. The van der Waals surface area contributed by atoms with Crippen LogP contribution < -0.4 is 10.0 Å². The van der Waals surface area contributed by atoms with Gasteiger partial charge in [-0.25, -0.2) is 13.1 Å². The van der Waals surface area contributed by atoms with E-state index in [1.165, 1.54) is 18.5 Å². The Bertz CT molecular complexity index is 587. The number of aromatic nitrogens is 1. The molecule has 0 saturated carbocycles. The van der Waals surface area contributed by atoms with Crippen LogP contribution in [-0.4, -0.2) is 56.9 Å². The van der Waals surface area contributed by atoms with E-state index in [0.29, 0.717) is 17.6 Å². The number of pyridine rings is 1. The van der Waals surface area contributed by atoms with Crippen molar-refractivity contribution in [1.29, 1.82) is 0 Å². The molecule has 1 aliphatic heterocycles. The first-order valence-electron chi connectivity index (χ1n) is 6.08. The standard InChI is InChI=1S/C11H15BrN4O3S/c12-9-5-10(7-14-6-9)20(18,19)15-8-11(17)16-3-1-13-2-4-16/h5-7,13,15H,1-4,8H2. The van der Waals surface area contributed by atoms with Gasteiger partial charge in [-0.05, 0) is 22.0 Å². The van der Waals surface area contributed by atoms with E-state index in [4.69, 9.17) is 0 Å². The molecule has 0 radical (unpaired) electrons. The Hall–Kier alpha value is -1.03. The van der Waals surface area contributed by atoms with Gasteiger partial charge < -0.3 is 10.2 Å². The molecule has 0 spiro atoms. The van der Waals surface area contributed by atoms with Crippen molar-refractivity contribution >= 4 is 31.9 Å². The van der Waals surface area contributed by atoms with Gasteiger partial charge in [0.05, 0.1) is 6.54 Å². The van der Waals surface area contributed by atoms with E-state index in [2.05, 4.69) is 31.0 Å². The molecule has 1 amide bonds. The third kappa shape index (κ3) is 3.98. The number of sulfonamides is 1. The number of carbonyl (C=O) groups is 1. The smallest absolute Gasteiger partial charge is 0.242 e. The van der Waals surface area contributed by atoms with Crippen LogP contribution in [-0.2, 0) is 14.8 Å². The number of carbonyl (C=O) groups excluding carboxylic acids is 1. The van der Waals surface area contributed by atoms with Crippen LogP contribution in [0, 0.1) is 0 Å². The van der Waals surface area contributed by atoms with E-state index < -0.39 is 10.0 Å². The highest BCUT2D eigenvalue weighted by atomic mass is 79.9.